The van der Waals surface area contributed by atoms with Crippen molar-refractivity contribution in [2.45, 2.75) is 0 Å². The molecule has 2 rings (SSSR count). The topological polar surface area (TPSA) is 87.0 Å². The van der Waals surface area contributed by atoms with Crippen LogP contribution in [0.3, 0.4) is 0 Å². The van der Waals surface area contributed by atoms with E-state index in [1.165, 1.54) is 18.2 Å². The highest BCUT2D eigenvalue weighted by atomic mass is 79.9. The van der Waals surface area contributed by atoms with Gasteiger partial charge in [0, 0.05) is 10.5 Å². The molecule has 0 fully saturated rings. The van der Waals surface area contributed by atoms with E-state index in [0.717, 1.165) is 0 Å². The summed E-state index contributed by atoms with van der Waals surface area (Å²) in [5.74, 6) is -0.272. The molecule has 0 saturated heterocycles. The van der Waals surface area contributed by atoms with Crippen molar-refractivity contribution in [1.29, 1.82) is 0 Å². The summed E-state index contributed by atoms with van der Waals surface area (Å²) in [6.45, 7) is 0. The first kappa shape index (κ1) is 11.6. The molecule has 0 radical (unpaired) electrons. The van der Waals surface area contributed by atoms with E-state index in [-0.39, 0.29) is 23.4 Å². The molecule has 0 bridgehead atoms. The lowest BCUT2D eigenvalue weighted by Gasteiger charge is -2.07. The van der Waals surface area contributed by atoms with Crippen LogP contribution < -0.4 is 16.2 Å². The van der Waals surface area contributed by atoms with Gasteiger partial charge in [-0.2, -0.15) is 9.97 Å². The first-order chi connectivity index (χ1) is 8.04. The number of nitrogens with zero attached hydrogens (tertiary/aromatic N) is 2. The molecule has 0 atom stereocenters. The maximum absolute atomic E-state index is 13.4. The maximum Gasteiger partial charge on any atom is 0.226 e. The van der Waals surface area contributed by atoms with Gasteiger partial charge in [-0.05, 0) is 18.2 Å². The van der Waals surface area contributed by atoms with Crippen molar-refractivity contribution in [1.82, 2.24) is 9.97 Å². The Labute approximate surface area is 105 Å². The van der Waals surface area contributed by atoms with E-state index in [4.69, 9.17) is 16.2 Å². The van der Waals surface area contributed by atoms with Crippen LogP contribution in [-0.4, -0.2) is 9.97 Å². The molecule has 2 aromatic rings. The van der Waals surface area contributed by atoms with Crippen molar-refractivity contribution >= 4 is 27.7 Å². The zero-order valence-corrected chi connectivity index (χ0v) is 10.1. The molecule has 1 heterocycles. The van der Waals surface area contributed by atoms with Crippen LogP contribution in [0.2, 0.25) is 0 Å². The zero-order valence-electron chi connectivity index (χ0n) is 8.52. The summed E-state index contributed by atoms with van der Waals surface area (Å²) < 4.78 is 19.3. The number of ether oxygens (including phenoxy) is 1. The van der Waals surface area contributed by atoms with Gasteiger partial charge in [0.25, 0.3) is 0 Å². The number of benzene rings is 1. The van der Waals surface area contributed by atoms with E-state index in [1.54, 1.807) is 6.07 Å². The van der Waals surface area contributed by atoms with Crippen molar-refractivity contribution in [3.8, 4) is 11.6 Å². The van der Waals surface area contributed by atoms with Gasteiger partial charge in [0.1, 0.15) is 5.82 Å². The van der Waals surface area contributed by atoms with E-state index in [1.807, 2.05) is 0 Å². The molecule has 1 aromatic heterocycles. The lowest BCUT2D eigenvalue weighted by Crippen LogP contribution is -2.01. The van der Waals surface area contributed by atoms with E-state index in [9.17, 15) is 4.39 Å². The average Bonchev–Trinajstić information content (AvgIpc) is 2.22. The van der Waals surface area contributed by atoms with Crippen LogP contribution in [-0.2, 0) is 0 Å². The number of aromatic nitrogens is 2. The van der Waals surface area contributed by atoms with Crippen LogP contribution in [0.5, 0.6) is 11.6 Å². The number of hydrogen-bond acceptors (Lipinski definition) is 5. The van der Waals surface area contributed by atoms with Gasteiger partial charge in [-0.15, -0.1) is 0 Å². The molecule has 0 unspecified atom stereocenters. The Bertz CT molecular complexity index is 544. The number of rotatable bonds is 2. The number of nitrogens with two attached hydrogens (primary N) is 2. The second kappa shape index (κ2) is 4.54. The fraction of sp³-hybridized carbons (Fsp3) is 0. The third-order valence-electron chi connectivity index (χ3n) is 1.85. The summed E-state index contributed by atoms with van der Waals surface area (Å²) in [5.41, 5.74) is 10.9. The number of hydrogen-bond donors (Lipinski definition) is 2. The molecule has 5 nitrogen and oxygen atoms in total. The molecule has 1 aromatic carbocycles. The highest BCUT2D eigenvalue weighted by molar-refractivity contribution is 9.10. The Morgan fingerprint density at radius 2 is 1.94 bits per heavy atom. The SMILES string of the molecule is Nc1cc(Oc2cc(Br)ccc2F)nc(N)n1. The van der Waals surface area contributed by atoms with E-state index >= 15 is 0 Å². The van der Waals surface area contributed by atoms with Gasteiger partial charge in [0.2, 0.25) is 11.8 Å². The van der Waals surface area contributed by atoms with Crippen LogP contribution in [0.15, 0.2) is 28.7 Å². The summed E-state index contributed by atoms with van der Waals surface area (Å²) in [4.78, 5) is 7.46. The van der Waals surface area contributed by atoms with Gasteiger partial charge in [0.05, 0.1) is 0 Å². The highest BCUT2D eigenvalue weighted by Gasteiger charge is 2.08. The largest absolute Gasteiger partial charge is 0.436 e. The zero-order chi connectivity index (χ0) is 12.4. The van der Waals surface area contributed by atoms with Crippen molar-refractivity contribution in [3.05, 3.63) is 34.6 Å². The molecule has 7 heteroatoms. The van der Waals surface area contributed by atoms with Crippen LogP contribution in [0.1, 0.15) is 0 Å². The Hall–Kier alpha value is -1.89. The second-order valence-electron chi connectivity index (χ2n) is 3.17. The predicted octanol–water partition coefficient (Wildman–Crippen LogP) is 2.33. The minimum Gasteiger partial charge on any atom is -0.436 e. The smallest absolute Gasteiger partial charge is 0.226 e. The lowest BCUT2D eigenvalue weighted by molar-refractivity contribution is 0.427. The fourth-order valence-corrected chi connectivity index (χ4v) is 1.52. The Morgan fingerprint density at radius 1 is 1.18 bits per heavy atom. The van der Waals surface area contributed by atoms with Crippen molar-refractivity contribution in [3.63, 3.8) is 0 Å². The molecule has 0 amide bonds. The van der Waals surface area contributed by atoms with Gasteiger partial charge in [-0.25, -0.2) is 4.39 Å². The van der Waals surface area contributed by atoms with Gasteiger partial charge in [-0.1, -0.05) is 15.9 Å². The van der Waals surface area contributed by atoms with Crippen LogP contribution in [0.4, 0.5) is 16.2 Å². The van der Waals surface area contributed by atoms with Crippen molar-refractivity contribution in [2.24, 2.45) is 0 Å². The van der Waals surface area contributed by atoms with Crippen molar-refractivity contribution in [2.75, 3.05) is 11.5 Å². The first-order valence-corrected chi connectivity index (χ1v) is 5.37. The average molecular weight is 299 g/mol. The predicted molar refractivity (Wildman–Crippen MR) is 65.0 cm³/mol. The molecule has 17 heavy (non-hydrogen) atoms. The number of anilines is 2. The lowest BCUT2D eigenvalue weighted by atomic mass is 10.3. The maximum atomic E-state index is 13.4. The monoisotopic (exact) mass is 298 g/mol. The molecule has 88 valence electrons. The number of halogens is 2. The molecule has 0 saturated carbocycles. The van der Waals surface area contributed by atoms with Gasteiger partial charge in [0.15, 0.2) is 11.6 Å². The summed E-state index contributed by atoms with van der Waals surface area (Å²) >= 11 is 3.21. The Kier molecular flexibility index (Phi) is 3.10. The summed E-state index contributed by atoms with van der Waals surface area (Å²) in [6.07, 6.45) is 0. The molecule has 0 aliphatic rings. The third-order valence-corrected chi connectivity index (χ3v) is 2.34. The number of nitrogen functional groups attached to an aromatic ring is 2. The van der Waals surface area contributed by atoms with Crippen molar-refractivity contribution < 1.29 is 9.13 Å². The molecular weight excluding hydrogens is 291 g/mol. The van der Waals surface area contributed by atoms with Crippen LogP contribution in [0, 0.1) is 5.82 Å². The Balaban J connectivity index is 2.34. The molecular formula is C10H8BrFN4O. The Morgan fingerprint density at radius 3 is 2.65 bits per heavy atom. The summed E-state index contributed by atoms with van der Waals surface area (Å²) in [6, 6.07) is 5.67. The fourth-order valence-electron chi connectivity index (χ4n) is 1.18. The minimum absolute atomic E-state index is 0.0249. The highest BCUT2D eigenvalue weighted by Crippen LogP contribution is 2.27. The quantitative estimate of drug-likeness (QED) is 0.888. The summed E-state index contributed by atoms with van der Waals surface area (Å²) in [7, 11) is 0. The van der Waals surface area contributed by atoms with E-state index in [0.29, 0.717) is 4.47 Å². The van der Waals surface area contributed by atoms with Crippen LogP contribution in [0.25, 0.3) is 0 Å². The van der Waals surface area contributed by atoms with Crippen LogP contribution >= 0.6 is 15.9 Å². The third kappa shape index (κ3) is 2.82. The minimum atomic E-state index is -0.510. The van der Waals surface area contributed by atoms with Gasteiger partial charge < -0.3 is 16.2 Å². The molecule has 0 spiro atoms. The normalized spacial score (nSPS) is 10.2. The standard InChI is InChI=1S/C10H8BrFN4O/c11-5-1-2-6(12)7(3-5)17-9-4-8(13)15-10(14)16-9/h1-4H,(H4,13,14,15,16). The summed E-state index contributed by atoms with van der Waals surface area (Å²) in [5, 5.41) is 0. The van der Waals surface area contributed by atoms with E-state index < -0.39 is 5.82 Å². The molecule has 4 N–H and O–H groups in total. The second-order valence-corrected chi connectivity index (χ2v) is 4.08. The molecule has 0 aliphatic carbocycles. The van der Waals surface area contributed by atoms with E-state index in [2.05, 4.69) is 25.9 Å². The molecule has 0 aliphatic heterocycles. The first-order valence-electron chi connectivity index (χ1n) is 4.57. The van der Waals surface area contributed by atoms with Gasteiger partial charge in [-0.3, -0.25) is 0 Å². The van der Waals surface area contributed by atoms with Gasteiger partial charge >= 0.3 is 0 Å².